The summed E-state index contributed by atoms with van der Waals surface area (Å²) in [6.07, 6.45) is 6.81. The van der Waals surface area contributed by atoms with Gasteiger partial charge in [0.15, 0.2) is 0 Å². The number of likely N-dealkylation sites (tertiary alicyclic amines) is 1. The fraction of sp³-hybridized carbons (Fsp3) is 1.00. The van der Waals surface area contributed by atoms with Crippen LogP contribution in [0.1, 0.15) is 59.8 Å². The summed E-state index contributed by atoms with van der Waals surface area (Å²) in [4.78, 5) is 2.74. The molecule has 0 spiro atoms. The average molecular weight is 268 g/mol. The van der Waals surface area contributed by atoms with Crippen molar-refractivity contribution in [2.75, 3.05) is 33.2 Å². The summed E-state index contributed by atoms with van der Waals surface area (Å²) in [5, 5.41) is 3.42. The molecule has 1 aliphatic heterocycles. The Balaban J connectivity index is 2.55. The number of hydrogen-bond acceptors (Lipinski definition) is 2. The second-order valence-corrected chi connectivity index (χ2v) is 6.95. The molecule has 1 heterocycles. The van der Waals surface area contributed by atoms with Gasteiger partial charge in [-0.1, -0.05) is 27.7 Å². The molecule has 1 N–H and O–H groups in total. The molecule has 1 unspecified atom stereocenters. The van der Waals surface area contributed by atoms with E-state index in [4.69, 9.17) is 0 Å². The molecule has 2 nitrogen and oxygen atoms in total. The van der Waals surface area contributed by atoms with E-state index < -0.39 is 0 Å². The fourth-order valence-electron chi connectivity index (χ4n) is 3.64. The maximum absolute atomic E-state index is 3.42. The normalized spacial score (nSPS) is 22.7. The van der Waals surface area contributed by atoms with E-state index >= 15 is 0 Å². The fourth-order valence-corrected chi connectivity index (χ4v) is 3.64. The Morgan fingerprint density at radius 2 is 1.84 bits per heavy atom. The molecule has 1 atom stereocenters. The van der Waals surface area contributed by atoms with E-state index in [9.17, 15) is 0 Å². The standard InChI is InChI=1S/C17H36N2/c1-6-17(7-2,13-18-5)14-19-11-8-9-16(10-12-19)15(3)4/h15-16,18H,6-14H2,1-5H3. The van der Waals surface area contributed by atoms with Crippen LogP contribution in [0.4, 0.5) is 0 Å². The Kier molecular flexibility index (Phi) is 7.38. The van der Waals surface area contributed by atoms with Crippen LogP contribution in [0.15, 0.2) is 0 Å². The smallest absolute Gasteiger partial charge is 0.00499 e. The lowest BCUT2D eigenvalue weighted by atomic mass is 9.81. The Morgan fingerprint density at radius 1 is 1.16 bits per heavy atom. The molecule has 1 saturated heterocycles. The summed E-state index contributed by atoms with van der Waals surface area (Å²) in [6, 6.07) is 0. The van der Waals surface area contributed by atoms with Crippen LogP contribution in [-0.4, -0.2) is 38.1 Å². The quantitative estimate of drug-likeness (QED) is 0.756. The number of nitrogens with one attached hydrogen (secondary N) is 1. The maximum Gasteiger partial charge on any atom is 0.00499 e. The highest BCUT2D eigenvalue weighted by Crippen LogP contribution is 2.30. The molecule has 0 aliphatic carbocycles. The van der Waals surface area contributed by atoms with Gasteiger partial charge in [-0.25, -0.2) is 0 Å². The van der Waals surface area contributed by atoms with Gasteiger partial charge in [0.05, 0.1) is 0 Å². The first-order valence-corrected chi connectivity index (χ1v) is 8.44. The van der Waals surface area contributed by atoms with Gasteiger partial charge in [0.25, 0.3) is 0 Å². The van der Waals surface area contributed by atoms with Gasteiger partial charge in [0.2, 0.25) is 0 Å². The molecule has 1 fully saturated rings. The molecule has 0 amide bonds. The lowest BCUT2D eigenvalue weighted by molar-refractivity contribution is 0.137. The maximum atomic E-state index is 3.42. The third kappa shape index (κ3) is 5.07. The van der Waals surface area contributed by atoms with Gasteiger partial charge in [-0.05, 0) is 69.5 Å². The van der Waals surface area contributed by atoms with Crippen molar-refractivity contribution in [3.05, 3.63) is 0 Å². The minimum absolute atomic E-state index is 0.479. The Morgan fingerprint density at radius 3 is 2.37 bits per heavy atom. The molecule has 0 bridgehead atoms. The summed E-state index contributed by atoms with van der Waals surface area (Å²) in [6.45, 7) is 14.6. The van der Waals surface area contributed by atoms with Gasteiger partial charge in [-0.3, -0.25) is 0 Å². The highest BCUT2D eigenvalue weighted by Gasteiger charge is 2.29. The summed E-state index contributed by atoms with van der Waals surface area (Å²) in [5.41, 5.74) is 0.479. The van der Waals surface area contributed by atoms with Crippen molar-refractivity contribution in [3.8, 4) is 0 Å². The van der Waals surface area contributed by atoms with E-state index in [0.717, 1.165) is 18.4 Å². The lowest BCUT2D eigenvalue weighted by Gasteiger charge is -2.37. The minimum atomic E-state index is 0.479. The van der Waals surface area contributed by atoms with Crippen molar-refractivity contribution in [2.45, 2.75) is 59.8 Å². The van der Waals surface area contributed by atoms with Gasteiger partial charge in [-0.15, -0.1) is 0 Å². The van der Waals surface area contributed by atoms with E-state index in [1.165, 1.54) is 51.7 Å². The zero-order chi connectivity index (χ0) is 14.3. The molecule has 19 heavy (non-hydrogen) atoms. The van der Waals surface area contributed by atoms with Crippen LogP contribution in [0.5, 0.6) is 0 Å². The van der Waals surface area contributed by atoms with Gasteiger partial charge < -0.3 is 10.2 Å². The summed E-state index contributed by atoms with van der Waals surface area (Å²) >= 11 is 0. The van der Waals surface area contributed by atoms with Crippen molar-refractivity contribution in [2.24, 2.45) is 17.3 Å². The number of nitrogens with zero attached hydrogens (tertiary/aromatic N) is 1. The van der Waals surface area contributed by atoms with Crippen LogP contribution in [0.2, 0.25) is 0 Å². The molecule has 1 rings (SSSR count). The Labute approximate surface area is 121 Å². The van der Waals surface area contributed by atoms with E-state index in [1.807, 2.05) is 0 Å². The first kappa shape index (κ1) is 17.0. The topological polar surface area (TPSA) is 15.3 Å². The van der Waals surface area contributed by atoms with Crippen LogP contribution >= 0.6 is 0 Å². The van der Waals surface area contributed by atoms with Crippen LogP contribution in [-0.2, 0) is 0 Å². The van der Waals surface area contributed by atoms with Crippen LogP contribution < -0.4 is 5.32 Å². The second-order valence-electron chi connectivity index (χ2n) is 6.95. The van der Waals surface area contributed by atoms with Crippen LogP contribution in [0, 0.1) is 17.3 Å². The van der Waals surface area contributed by atoms with Crippen LogP contribution in [0.25, 0.3) is 0 Å². The van der Waals surface area contributed by atoms with Gasteiger partial charge in [0.1, 0.15) is 0 Å². The van der Waals surface area contributed by atoms with Gasteiger partial charge in [0, 0.05) is 13.1 Å². The summed E-state index contributed by atoms with van der Waals surface area (Å²) in [7, 11) is 2.09. The second kappa shape index (κ2) is 8.26. The predicted octanol–water partition coefficient (Wildman–Crippen LogP) is 3.77. The molecule has 0 radical (unpaired) electrons. The minimum Gasteiger partial charge on any atom is -0.319 e. The number of hydrogen-bond donors (Lipinski definition) is 1. The van der Waals surface area contributed by atoms with Crippen molar-refractivity contribution in [1.82, 2.24) is 10.2 Å². The monoisotopic (exact) mass is 268 g/mol. The highest BCUT2D eigenvalue weighted by molar-refractivity contribution is 4.84. The molecule has 114 valence electrons. The first-order chi connectivity index (χ1) is 9.06. The molecular formula is C17H36N2. The molecule has 1 aliphatic rings. The largest absolute Gasteiger partial charge is 0.319 e. The first-order valence-electron chi connectivity index (χ1n) is 8.44. The van der Waals surface area contributed by atoms with Gasteiger partial charge >= 0.3 is 0 Å². The van der Waals surface area contributed by atoms with E-state index in [1.54, 1.807) is 0 Å². The highest BCUT2D eigenvalue weighted by atomic mass is 15.1. The van der Waals surface area contributed by atoms with Crippen molar-refractivity contribution in [3.63, 3.8) is 0 Å². The molecule has 0 aromatic carbocycles. The molecule has 0 aromatic heterocycles. The zero-order valence-corrected chi connectivity index (χ0v) is 14.0. The zero-order valence-electron chi connectivity index (χ0n) is 14.0. The summed E-state index contributed by atoms with van der Waals surface area (Å²) in [5.74, 6) is 1.81. The van der Waals surface area contributed by atoms with Crippen molar-refractivity contribution in [1.29, 1.82) is 0 Å². The lowest BCUT2D eigenvalue weighted by Crippen LogP contribution is -2.43. The molecule has 0 saturated carbocycles. The summed E-state index contributed by atoms with van der Waals surface area (Å²) < 4.78 is 0. The molecule has 0 aromatic rings. The average Bonchev–Trinajstić information content (AvgIpc) is 2.63. The van der Waals surface area contributed by atoms with E-state index in [0.29, 0.717) is 5.41 Å². The third-order valence-electron chi connectivity index (χ3n) is 5.42. The third-order valence-corrected chi connectivity index (χ3v) is 5.42. The van der Waals surface area contributed by atoms with Gasteiger partial charge in [-0.2, -0.15) is 0 Å². The van der Waals surface area contributed by atoms with E-state index in [-0.39, 0.29) is 0 Å². The Hall–Kier alpha value is -0.0800. The number of rotatable bonds is 7. The Bertz CT molecular complexity index is 233. The molecule has 2 heteroatoms. The van der Waals surface area contributed by atoms with Crippen molar-refractivity contribution >= 4 is 0 Å². The predicted molar refractivity (Wildman–Crippen MR) is 85.6 cm³/mol. The van der Waals surface area contributed by atoms with Crippen molar-refractivity contribution < 1.29 is 0 Å². The SMILES string of the molecule is CCC(CC)(CNC)CN1CCCC(C(C)C)CC1. The van der Waals surface area contributed by atoms with E-state index in [2.05, 4.69) is 45.0 Å². The van der Waals surface area contributed by atoms with Crippen LogP contribution in [0.3, 0.4) is 0 Å². The molecular weight excluding hydrogens is 232 g/mol.